The molecule has 7 heteroatoms. The Kier molecular flexibility index (Phi) is 3.85. The number of carbonyl (C=O) groups excluding carboxylic acids is 1. The maximum atomic E-state index is 11.6. The lowest BCUT2D eigenvalue weighted by Gasteiger charge is -2.09. The summed E-state index contributed by atoms with van der Waals surface area (Å²) in [6, 6.07) is 3.46. The molecule has 0 radical (unpaired) electrons. The van der Waals surface area contributed by atoms with Crippen LogP contribution in [0.5, 0.6) is 0 Å². The number of aromatic nitrogens is 4. The highest BCUT2D eigenvalue weighted by atomic mass is 16.3. The Balaban J connectivity index is 1.80. The van der Waals surface area contributed by atoms with Crippen molar-refractivity contribution in [3.05, 3.63) is 36.1 Å². The molecule has 0 bridgehead atoms. The molecule has 0 saturated heterocycles. The molecule has 94 valence electrons. The highest BCUT2D eigenvalue weighted by Gasteiger charge is 2.08. The van der Waals surface area contributed by atoms with Crippen molar-refractivity contribution in [2.45, 2.75) is 19.4 Å². The third kappa shape index (κ3) is 3.55. The van der Waals surface area contributed by atoms with E-state index in [1.54, 1.807) is 24.5 Å². The summed E-state index contributed by atoms with van der Waals surface area (Å²) in [6.07, 6.45) is 5.11. The van der Waals surface area contributed by atoms with Gasteiger partial charge in [0.2, 0.25) is 5.91 Å². The van der Waals surface area contributed by atoms with Crippen LogP contribution in [0.3, 0.4) is 0 Å². The number of nitrogens with one attached hydrogen (secondary N) is 2. The lowest BCUT2D eigenvalue weighted by Crippen LogP contribution is -2.33. The van der Waals surface area contributed by atoms with Crippen LogP contribution in [0, 0.1) is 0 Å². The molecule has 1 amide bonds. The zero-order valence-corrected chi connectivity index (χ0v) is 9.83. The van der Waals surface area contributed by atoms with Crippen molar-refractivity contribution in [1.82, 2.24) is 25.9 Å². The van der Waals surface area contributed by atoms with Crippen molar-refractivity contribution < 1.29 is 9.21 Å². The molecule has 18 heavy (non-hydrogen) atoms. The molecule has 0 aliphatic carbocycles. The number of tetrazole rings is 1. The van der Waals surface area contributed by atoms with Crippen molar-refractivity contribution in [1.29, 1.82) is 0 Å². The van der Waals surface area contributed by atoms with Gasteiger partial charge in [-0.05, 0) is 25.1 Å². The van der Waals surface area contributed by atoms with Crippen LogP contribution in [0.1, 0.15) is 18.5 Å². The van der Waals surface area contributed by atoms with E-state index in [0.717, 1.165) is 0 Å². The Bertz CT molecular complexity index is 504. The molecule has 2 rings (SSSR count). The van der Waals surface area contributed by atoms with Crippen LogP contribution in [-0.2, 0) is 11.2 Å². The first-order chi connectivity index (χ1) is 8.74. The summed E-state index contributed by atoms with van der Waals surface area (Å²) in [6.45, 7) is 1.87. The van der Waals surface area contributed by atoms with E-state index in [2.05, 4.69) is 25.9 Å². The fraction of sp³-hybridized carbons (Fsp3) is 0.273. The lowest BCUT2D eigenvalue weighted by atomic mass is 10.2. The average molecular weight is 247 g/mol. The second kappa shape index (κ2) is 5.76. The third-order valence-corrected chi connectivity index (χ3v) is 2.21. The molecule has 0 spiro atoms. The number of hydrogen-bond donors (Lipinski definition) is 2. The van der Waals surface area contributed by atoms with Crippen molar-refractivity contribution >= 4 is 12.0 Å². The Morgan fingerprint density at radius 2 is 2.56 bits per heavy atom. The highest BCUT2D eigenvalue weighted by molar-refractivity contribution is 5.91. The van der Waals surface area contributed by atoms with Gasteiger partial charge in [-0.3, -0.25) is 4.79 Å². The summed E-state index contributed by atoms with van der Waals surface area (Å²) in [7, 11) is 0. The van der Waals surface area contributed by atoms with Gasteiger partial charge in [0.1, 0.15) is 5.76 Å². The van der Waals surface area contributed by atoms with Gasteiger partial charge >= 0.3 is 0 Å². The van der Waals surface area contributed by atoms with E-state index in [1.165, 1.54) is 6.08 Å². The molecular weight excluding hydrogens is 234 g/mol. The van der Waals surface area contributed by atoms with E-state index in [0.29, 0.717) is 18.0 Å². The molecule has 2 aromatic rings. The molecule has 2 heterocycles. The van der Waals surface area contributed by atoms with Crippen molar-refractivity contribution in [3.63, 3.8) is 0 Å². The van der Waals surface area contributed by atoms with Crippen LogP contribution in [0.2, 0.25) is 0 Å². The number of hydrogen-bond acceptors (Lipinski definition) is 5. The van der Waals surface area contributed by atoms with E-state index in [9.17, 15) is 4.79 Å². The van der Waals surface area contributed by atoms with E-state index >= 15 is 0 Å². The summed E-state index contributed by atoms with van der Waals surface area (Å²) < 4.78 is 5.07. The smallest absolute Gasteiger partial charge is 0.244 e. The van der Waals surface area contributed by atoms with Crippen molar-refractivity contribution in [3.8, 4) is 0 Å². The quantitative estimate of drug-likeness (QED) is 0.752. The Hall–Kier alpha value is -2.44. The predicted octanol–water partition coefficient (Wildman–Crippen LogP) is 0.553. The van der Waals surface area contributed by atoms with Gasteiger partial charge in [-0.15, -0.1) is 10.2 Å². The van der Waals surface area contributed by atoms with Gasteiger partial charge in [-0.1, -0.05) is 5.21 Å². The van der Waals surface area contributed by atoms with E-state index in [-0.39, 0.29) is 11.9 Å². The third-order valence-electron chi connectivity index (χ3n) is 2.21. The molecular formula is C11H13N5O2. The number of carbonyl (C=O) groups is 1. The largest absolute Gasteiger partial charge is 0.465 e. The molecule has 0 fully saturated rings. The number of furan rings is 1. The summed E-state index contributed by atoms with van der Waals surface area (Å²) in [4.78, 5) is 11.6. The molecule has 1 unspecified atom stereocenters. The van der Waals surface area contributed by atoms with E-state index in [1.807, 2.05) is 6.92 Å². The minimum absolute atomic E-state index is 0.0728. The molecule has 0 aliphatic heterocycles. The Morgan fingerprint density at radius 1 is 1.67 bits per heavy atom. The first-order valence-electron chi connectivity index (χ1n) is 5.48. The Morgan fingerprint density at radius 3 is 3.22 bits per heavy atom. The summed E-state index contributed by atoms with van der Waals surface area (Å²) in [5.74, 6) is 1.01. The second-order valence-electron chi connectivity index (χ2n) is 3.79. The molecule has 2 aromatic heterocycles. The molecule has 1 atom stereocenters. The lowest BCUT2D eigenvalue weighted by molar-refractivity contribution is -0.117. The standard InChI is InChI=1S/C11H13N5O2/c1-8(7-10-13-15-16-14-10)12-11(17)5-4-9-3-2-6-18-9/h2-6,8H,7H2,1H3,(H,12,17)(H,13,14,15,16)/b5-4+. The van der Waals surface area contributed by atoms with Crippen LogP contribution < -0.4 is 5.32 Å². The number of H-pyrrole nitrogens is 1. The van der Waals surface area contributed by atoms with Crippen molar-refractivity contribution in [2.75, 3.05) is 0 Å². The molecule has 0 aromatic carbocycles. The maximum Gasteiger partial charge on any atom is 0.244 e. The summed E-state index contributed by atoms with van der Waals surface area (Å²) in [5.41, 5.74) is 0. The van der Waals surface area contributed by atoms with Gasteiger partial charge < -0.3 is 9.73 Å². The zero-order chi connectivity index (χ0) is 12.8. The van der Waals surface area contributed by atoms with Gasteiger partial charge in [0.05, 0.1) is 6.26 Å². The van der Waals surface area contributed by atoms with Crippen LogP contribution >= 0.6 is 0 Å². The number of aromatic amines is 1. The van der Waals surface area contributed by atoms with Gasteiger partial charge in [0.25, 0.3) is 0 Å². The van der Waals surface area contributed by atoms with E-state index in [4.69, 9.17) is 4.42 Å². The molecule has 0 saturated carbocycles. The fourth-order valence-electron chi connectivity index (χ4n) is 1.43. The van der Waals surface area contributed by atoms with Crippen LogP contribution in [-0.4, -0.2) is 32.6 Å². The monoisotopic (exact) mass is 247 g/mol. The maximum absolute atomic E-state index is 11.6. The molecule has 0 aliphatic rings. The summed E-state index contributed by atoms with van der Waals surface area (Å²) in [5, 5.41) is 16.2. The van der Waals surface area contributed by atoms with Gasteiger partial charge in [0.15, 0.2) is 5.82 Å². The number of rotatable bonds is 5. The van der Waals surface area contributed by atoms with Crippen LogP contribution in [0.4, 0.5) is 0 Å². The SMILES string of the molecule is CC(Cc1nn[nH]n1)NC(=O)/C=C/c1ccco1. The van der Waals surface area contributed by atoms with Crippen LogP contribution in [0.15, 0.2) is 28.9 Å². The fourth-order valence-corrected chi connectivity index (χ4v) is 1.43. The first kappa shape index (κ1) is 12.0. The first-order valence-corrected chi connectivity index (χ1v) is 5.48. The van der Waals surface area contributed by atoms with Gasteiger partial charge in [0, 0.05) is 18.5 Å². The topological polar surface area (TPSA) is 96.7 Å². The van der Waals surface area contributed by atoms with Crippen LogP contribution in [0.25, 0.3) is 6.08 Å². The minimum atomic E-state index is -0.192. The normalized spacial score (nSPS) is 12.7. The Labute approximate surface area is 103 Å². The van der Waals surface area contributed by atoms with Gasteiger partial charge in [-0.25, -0.2) is 0 Å². The highest BCUT2D eigenvalue weighted by Crippen LogP contribution is 2.02. The second-order valence-corrected chi connectivity index (χ2v) is 3.79. The minimum Gasteiger partial charge on any atom is -0.465 e. The molecule has 2 N–H and O–H groups in total. The van der Waals surface area contributed by atoms with Gasteiger partial charge in [-0.2, -0.15) is 5.21 Å². The zero-order valence-electron chi connectivity index (χ0n) is 9.83. The van der Waals surface area contributed by atoms with E-state index < -0.39 is 0 Å². The van der Waals surface area contributed by atoms with Crippen molar-refractivity contribution in [2.24, 2.45) is 0 Å². The predicted molar refractivity (Wildman–Crippen MR) is 63.2 cm³/mol. The summed E-state index contributed by atoms with van der Waals surface area (Å²) >= 11 is 0. The number of nitrogens with zero attached hydrogens (tertiary/aromatic N) is 3. The average Bonchev–Trinajstić information content (AvgIpc) is 2.98. The number of amides is 1. The molecule has 7 nitrogen and oxygen atoms in total.